The molecule has 1 heterocycles. The highest BCUT2D eigenvalue weighted by Crippen LogP contribution is 2.16. The summed E-state index contributed by atoms with van der Waals surface area (Å²) in [5.41, 5.74) is 10.1. The summed E-state index contributed by atoms with van der Waals surface area (Å²) in [5, 5.41) is 0. The van der Waals surface area contributed by atoms with Crippen LogP contribution in [0.15, 0.2) is 30.3 Å². The number of hydrogen-bond acceptors (Lipinski definition) is 4. The molecule has 4 heteroatoms. The molecule has 0 unspecified atom stereocenters. The van der Waals surface area contributed by atoms with Crippen LogP contribution in [0.25, 0.3) is 0 Å². The topological polar surface area (TPSA) is 55.0 Å². The summed E-state index contributed by atoms with van der Waals surface area (Å²) in [4.78, 5) is 11.3. The SMILES string of the molecule is CCN(Cc1ccccc1C)c1nc(C)cc(CN)n1. The van der Waals surface area contributed by atoms with Crippen LogP contribution in [-0.2, 0) is 13.1 Å². The van der Waals surface area contributed by atoms with E-state index in [0.29, 0.717) is 6.54 Å². The summed E-state index contributed by atoms with van der Waals surface area (Å²) in [6, 6.07) is 10.3. The number of aromatic nitrogens is 2. The zero-order valence-corrected chi connectivity index (χ0v) is 12.4. The lowest BCUT2D eigenvalue weighted by atomic mass is 10.1. The summed E-state index contributed by atoms with van der Waals surface area (Å²) in [6.07, 6.45) is 0. The summed E-state index contributed by atoms with van der Waals surface area (Å²) < 4.78 is 0. The number of nitrogens with zero attached hydrogens (tertiary/aromatic N) is 3. The van der Waals surface area contributed by atoms with Gasteiger partial charge in [0.05, 0.1) is 5.69 Å². The first-order valence-electron chi connectivity index (χ1n) is 6.98. The van der Waals surface area contributed by atoms with E-state index >= 15 is 0 Å². The van der Waals surface area contributed by atoms with Gasteiger partial charge in [0.1, 0.15) is 0 Å². The second-order valence-corrected chi connectivity index (χ2v) is 4.95. The smallest absolute Gasteiger partial charge is 0.226 e. The number of nitrogens with two attached hydrogens (primary N) is 1. The standard InChI is InChI=1S/C16H22N4/c1-4-20(11-14-8-6-5-7-12(14)2)16-18-13(3)9-15(10-17)19-16/h5-9H,4,10-11,17H2,1-3H3. The predicted octanol–water partition coefficient (Wildman–Crippen LogP) is 2.58. The van der Waals surface area contributed by atoms with Crippen molar-refractivity contribution in [2.75, 3.05) is 11.4 Å². The summed E-state index contributed by atoms with van der Waals surface area (Å²) in [5.74, 6) is 0.760. The highest BCUT2D eigenvalue weighted by molar-refractivity contribution is 5.36. The van der Waals surface area contributed by atoms with Crippen LogP contribution in [0.1, 0.15) is 29.4 Å². The third-order valence-corrected chi connectivity index (χ3v) is 3.39. The summed E-state index contributed by atoms with van der Waals surface area (Å²) in [6.45, 7) is 8.35. The average molecular weight is 270 g/mol. The van der Waals surface area contributed by atoms with E-state index in [4.69, 9.17) is 5.73 Å². The van der Waals surface area contributed by atoms with Gasteiger partial charge in [-0.15, -0.1) is 0 Å². The first-order chi connectivity index (χ1) is 9.63. The first-order valence-corrected chi connectivity index (χ1v) is 6.98. The lowest BCUT2D eigenvalue weighted by Crippen LogP contribution is -2.25. The molecule has 4 nitrogen and oxygen atoms in total. The number of aryl methyl sites for hydroxylation is 2. The van der Waals surface area contributed by atoms with Gasteiger partial charge in [-0.1, -0.05) is 24.3 Å². The van der Waals surface area contributed by atoms with Crippen LogP contribution < -0.4 is 10.6 Å². The molecule has 2 aromatic rings. The highest BCUT2D eigenvalue weighted by Gasteiger charge is 2.11. The third-order valence-electron chi connectivity index (χ3n) is 3.39. The van der Waals surface area contributed by atoms with Crippen LogP contribution >= 0.6 is 0 Å². The zero-order chi connectivity index (χ0) is 14.5. The van der Waals surface area contributed by atoms with E-state index in [1.807, 2.05) is 13.0 Å². The average Bonchev–Trinajstić information content (AvgIpc) is 2.45. The maximum absolute atomic E-state index is 5.70. The molecule has 0 aliphatic heterocycles. The Morgan fingerprint density at radius 1 is 1.15 bits per heavy atom. The van der Waals surface area contributed by atoms with Crippen LogP contribution in [0.4, 0.5) is 5.95 Å². The predicted molar refractivity (Wildman–Crippen MR) is 82.6 cm³/mol. The Hall–Kier alpha value is -1.94. The molecular formula is C16H22N4. The van der Waals surface area contributed by atoms with Gasteiger partial charge in [-0.2, -0.15) is 0 Å². The second kappa shape index (κ2) is 6.48. The molecule has 0 fully saturated rings. The van der Waals surface area contributed by atoms with Crippen LogP contribution in [-0.4, -0.2) is 16.5 Å². The normalized spacial score (nSPS) is 10.6. The maximum Gasteiger partial charge on any atom is 0.226 e. The molecule has 0 saturated heterocycles. The van der Waals surface area contributed by atoms with Gasteiger partial charge in [-0.25, -0.2) is 9.97 Å². The van der Waals surface area contributed by atoms with Crippen molar-refractivity contribution in [2.45, 2.75) is 33.9 Å². The van der Waals surface area contributed by atoms with Crippen molar-refractivity contribution < 1.29 is 0 Å². The van der Waals surface area contributed by atoms with Crippen molar-refractivity contribution in [3.8, 4) is 0 Å². The van der Waals surface area contributed by atoms with E-state index in [9.17, 15) is 0 Å². The van der Waals surface area contributed by atoms with Gasteiger partial charge >= 0.3 is 0 Å². The van der Waals surface area contributed by atoms with Crippen LogP contribution in [0.5, 0.6) is 0 Å². The van der Waals surface area contributed by atoms with Gasteiger partial charge in [0.2, 0.25) is 5.95 Å². The van der Waals surface area contributed by atoms with Crippen LogP contribution in [0, 0.1) is 13.8 Å². The van der Waals surface area contributed by atoms with Gasteiger partial charge in [0.15, 0.2) is 0 Å². The molecule has 0 aliphatic rings. The quantitative estimate of drug-likeness (QED) is 0.907. The van der Waals surface area contributed by atoms with E-state index in [-0.39, 0.29) is 0 Å². The molecule has 0 saturated carbocycles. The fourth-order valence-electron chi connectivity index (χ4n) is 2.18. The third kappa shape index (κ3) is 3.33. The molecule has 2 N–H and O–H groups in total. The Balaban J connectivity index is 2.28. The van der Waals surface area contributed by atoms with Gasteiger partial charge < -0.3 is 10.6 Å². The second-order valence-electron chi connectivity index (χ2n) is 4.95. The van der Waals surface area contributed by atoms with Crippen molar-refractivity contribution >= 4 is 5.95 Å². The molecule has 0 spiro atoms. The van der Waals surface area contributed by atoms with E-state index in [1.54, 1.807) is 0 Å². The zero-order valence-electron chi connectivity index (χ0n) is 12.4. The van der Waals surface area contributed by atoms with E-state index in [0.717, 1.165) is 30.4 Å². The minimum absolute atomic E-state index is 0.443. The van der Waals surface area contributed by atoms with Crippen LogP contribution in [0.3, 0.4) is 0 Å². The molecule has 20 heavy (non-hydrogen) atoms. The molecule has 1 aromatic carbocycles. The minimum Gasteiger partial charge on any atom is -0.337 e. The largest absolute Gasteiger partial charge is 0.337 e. The fraction of sp³-hybridized carbons (Fsp3) is 0.375. The van der Waals surface area contributed by atoms with Crippen molar-refractivity contribution in [1.82, 2.24) is 9.97 Å². The van der Waals surface area contributed by atoms with E-state index in [1.165, 1.54) is 11.1 Å². The summed E-state index contributed by atoms with van der Waals surface area (Å²) >= 11 is 0. The van der Waals surface area contributed by atoms with Crippen molar-refractivity contribution in [1.29, 1.82) is 0 Å². The number of hydrogen-bond donors (Lipinski definition) is 1. The Bertz CT molecular complexity index is 580. The van der Waals surface area contributed by atoms with E-state index < -0.39 is 0 Å². The lowest BCUT2D eigenvalue weighted by molar-refractivity contribution is 0.773. The van der Waals surface area contributed by atoms with Crippen LogP contribution in [0.2, 0.25) is 0 Å². The monoisotopic (exact) mass is 270 g/mol. The molecule has 106 valence electrons. The molecule has 0 aliphatic carbocycles. The van der Waals surface area contributed by atoms with Crippen molar-refractivity contribution in [3.05, 3.63) is 52.8 Å². The number of anilines is 1. The fourth-order valence-corrected chi connectivity index (χ4v) is 2.18. The molecule has 1 aromatic heterocycles. The number of rotatable bonds is 5. The Labute approximate surface area is 120 Å². The molecule has 0 atom stereocenters. The molecule has 2 rings (SSSR count). The minimum atomic E-state index is 0.443. The van der Waals surface area contributed by atoms with Gasteiger partial charge in [-0.3, -0.25) is 0 Å². The molecule has 0 amide bonds. The van der Waals surface area contributed by atoms with Crippen molar-refractivity contribution in [3.63, 3.8) is 0 Å². The van der Waals surface area contributed by atoms with Gasteiger partial charge in [-0.05, 0) is 38.0 Å². The maximum atomic E-state index is 5.70. The number of benzene rings is 1. The Kier molecular flexibility index (Phi) is 4.69. The van der Waals surface area contributed by atoms with E-state index in [2.05, 4.69) is 53.0 Å². The molecular weight excluding hydrogens is 248 g/mol. The first kappa shape index (κ1) is 14.5. The molecule has 0 radical (unpaired) electrons. The Morgan fingerprint density at radius 3 is 2.55 bits per heavy atom. The van der Waals surface area contributed by atoms with Gasteiger partial charge in [0.25, 0.3) is 0 Å². The molecule has 0 bridgehead atoms. The summed E-state index contributed by atoms with van der Waals surface area (Å²) in [7, 11) is 0. The lowest BCUT2D eigenvalue weighted by Gasteiger charge is -2.22. The highest BCUT2D eigenvalue weighted by atomic mass is 15.2. The van der Waals surface area contributed by atoms with Crippen molar-refractivity contribution in [2.24, 2.45) is 5.73 Å². The van der Waals surface area contributed by atoms with Gasteiger partial charge in [0, 0.05) is 25.3 Å². The Morgan fingerprint density at radius 2 is 1.90 bits per heavy atom.